The molecule has 1 aliphatic rings. The Morgan fingerprint density at radius 1 is 1.06 bits per heavy atom. The predicted molar refractivity (Wildman–Crippen MR) is 126 cm³/mol. The fourth-order valence-corrected chi connectivity index (χ4v) is 3.73. The number of azo groups is 1. The summed E-state index contributed by atoms with van der Waals surface area (Å²) in [6.45, 7) is 3.00. The number of aromatic amines is 1. The molecule has 0 atom stereocenters. The summed E-state index contributed by atoms with van der Waals surface area (Å²) < 4.78 is 5.43. The van der Waals surface area contributed by atoms with Crippen LogP contribution in [0.3, 0.4) is 0 Å². The number of benzene rings is 2. The molecule has 2 aromatic heterocycles. The van der Waals surface area contributed by atoms with Crippen molar-refractivity contribution < 1.29 is 9.84 Å². The highest BCUT2D eigenvalue weighted by Gasteiger charge is 2.17. The summed E-state index contributed by atoms with van der Waals surface area (Å²) in [5.74, 6) is 0.911. The maximum atomic E-state index is 10.3. The summed E-state index contributed by atoms with van der Waals surface area (Å²) in [6.07, 6.45) is 0. The van der Waals surface area contributed by atoms with Crippen LogP contribution < -0.4 is 10.2 Å². The number of rotatable bonds is 6. The molecule has 1 fully saturated rings. The van der Waals surface area contributed by atoms with Gasteiger partial charge in [-0.05, 0) is 23.8 Å². The van der Waals surface area contributed by atoms with E-state index in [0.717, 1.165) is 16.5 Å². The van der Waals surface area contributed by atoms with Crippen LogP contribution in [-0.2, 0) is 11.3 Å². The maximum Gasteiger partial charge on any atom is 0.275 e. The lowest BCUT2D eigenvalue weighted by Crippen LogP contribution is -2.37. The van der Waals surface area contributed by atoms with Crippen molar-refractivity contribution in [3.63, 3.8) is 0 Å². The van der Waals surface area contributed by atoms with Gasteiger partial charge in [-0.25, -0.2) is 0 Å². The van der Waals surface area contributed by atoms with Crippen LogP contribution in [0.2, 0.25) is 5.02 Å². The number of nitrogens with zero attached hydrogens (tertiary/aromatic N) is 6. The highest BCUT2D eigenvalue weighted by atomic mass is 35.5. The van der Waals surface area contributed by atoms with Gasteiger partial charge in [0.05, 0.1) is 18.7 Å². The van der Waals surface area contributed by atoms with Gasteiger partial charge in [-0.2, -0.15) is 15.0 Å². The van der Waals surface area contributed by atoms with Gasteiger partial charge in [-0.15, -0.1) is 10.2 Å². The Hall–Kier alpha value is -3.76. The van der Waals surface area contributed by atoms with Crippen molar-refractivity contribution in [2.24, 2.45) is 10.2 Å². The Morgan fingerprint density at radius 3 is 2.76 bits per heavy atom. The molecule has 2 aromatic carbocycles. The van der Waals surface area contributed by atoms with E-state index in [1.807, 2.05) is 53.4 Å². The lowest BCUT2D eigenvalue weighted by atomic mass is 10.2. The number of hydrogen-bond donors (Lipinski definition) is 3. The zero-order chi connectivity index (χ0) is 22.6. The monoisotopic (exact) mass is 464 g/mol. The molecule has 168 valence electrons. The molecule has 0 aliphatic carbocycles. The first-order valence-electron chi connectivity index (χ1n) is 10.4. The number of nitrogens with one attached hydrogen (secondary N) is 2. The van der Waals surface area contributed by atoms with Crippen LogP contribution in [-0.4, -0.2) is 51.3 Å². The maximum absolute atomic E-state index is 10.3. The lowest BCUT2D eigenvalue weighted by molar-refractivity contribution is 0.122. The van der Waals surface area contributed by atoms with E-state index in [2.05, 4.69) is 35.5 Å². The smallest absolute Gasteiger partial charge is 0.275 e. The Balaban J connectivity index is 1.45. The van der Waals surface area contributed by atoms with Gasteiger partial charge in [0.1, 0.15) is 0 Å². The number of fused-ring (bicyclic) bond motifs is 1. The van der Waals surface area contributed by atoms with Crippen molar-refractivity contribution in [1.29, 1.82) is 0 Å². The molecule has 0 bridgehead atoms. The Labute approximate surface area is 194 Å². The lowest BCUT2D eigenvalue weighted by Gasteiger charge is -2.26. The molecule has 3 N–H and O–H groups in total. The predicted octanol–water partition coefficient (Wildman–Crippen LogP) is 4.58. The average Bonchev–Trinajstić information content (AvgIpc) is 3.17. The summed E-state index contributed by atoms with van der Waals surface area (Å²) >= 11 is 6.08. The van der Waals surface area contributed by atoms with Crippen LogP contribution in [0.15, 0.2) is 58.8 Å². The van der Waals surface area contributed by atoms with Crippen LogP contribution in [0.25, 0.3) is 10.9 Å². The molecule has 5 rings (SSSR count). The van der Waals surface area contributed by atoms with E-state index in [4.69, 9.17) is 16.3 Å². The van der Waals surface area contributed by atoms with Gasteiger partial charge in [0.25, 0.3) is 5.95 Å². The molecular weight excluding hydrogens is 444 g/mol. The topological polar surface area (TPSA) is 124 Å². The van der Waals surface area contributed by atoms with Crippen LogP contribution >= 0.6 is 11.6 Å². The summed E-state index contributed by atoms with van der Waals surface area (Å²) in [5.41, 5.74) is 2.08. The summed E-state index contributed by atoms with van der Waals surface area (Å²) in [6, 6.07) is 15.0. The minimum atomic E-state index is -0.0679. The van der Waals surface area contributed by atoms with E-state index in [9.17, 15) is 5.11 Å². The summed E-state index contributed by atoms with van der Waals surface area (Å²) in [4.78, 5) is 18.3. The van der Waals surface area contributed by atoms with E-state index < -0.39 is 0 Å². The summed E-state index contributed by atoms with van der Waals surface area (Å²) in [7, 11) is 0. The number of anilines is 2. The number of hydrogen-bond acceptors (Lipinski definition) is 9. The number of H-pyrrole nitrogens is 1. The zero-order valence-corrected chi connectivity index (χ0v) is 18.3. The molecule has 3 heterocycles. The molecule has 10 nitrogen and oxygen atoms in total. The van der Waals surface area contributed by atoms with Crippen molar-refractivity contribution in [2.45, 2.75) is 6.54 Å². The average molecular weight is 465 g/mol. The molecule has 0 radical (unpaired) electrons. The second kappa shape index (κ2) is 9.39. The quantitative estimate of drug-likeness (QED) is 0.357. The zero-order valence-electron chi connectivity index (χ0n) is 17.6. The minimum absolute atomic E-state index is 0.0679. The van der Waals surface area contributed by atoms with Gasteiger partial charge in [0.2, 0.25) is 17.8 Å². The van der Waals surface area contributed by atoms with Crippen molar-refractivity contribution in [3.8, 4) is 5.88 Å². The number of morpholine rings is 1. The van der Waals surface area contributed by atoms with Gasteiger partial charge < -0.3 is 25.0 Å². The largest absolute Gasteiger partial charge is 0.493 e. The van der Waals surface area contributed by atoms with Crippen molar-refractivity contribution >= 4 is 46.0 Å². The summed E-state index contributed by atoms with van der Waals surface area (Å²) in [5, 5.41) is 23.3. The number of halogens is 1. The third-order valence-electron chi connectivity index (χ3n) is 5.14. The van der Waals surface area contributed by atoms with E-state index >= 15 is 0 Å². The third-order valence-corrected chi connectivity index (χ3v) is 5.38. The van der Waals surface area contributed by atoms with Crippen molar-refractivity contribution in [1.82, 2.24) is 19.9 Å². The second-order valence-electron chi connectivity index (χ2n) is 7.41. The molecule has 0 unspecified atom stereocenters. The highest BCUT2D eigenvalue weighted by molar-refractivity contribution is 6.30. The number of aromatic nitrogens is 4. The molecule has 1 saturated heterocycles. The first-order valence-corrected chi connectivity index (χ1v) is 10.8. The number of aromatic hydroxyl groups is 1. The standard InChI is InChI=1S/C22H21ClN8O2/c23-15-5-3-4-14(12-15)13-24-20-26-21(28-22(27-20)31-8-10-33-11-9-31)30-29-18-16-6-1-2-7-17(16)25-19(18)32/h1-7,12,25,32H,8-11,13H2,(H,24,26,27,28). The number of ether oxygens (including phenoxy) is 1. The molecular formula is C22H21ClN8O2. The van der Waals surface area contributed by atoms with E-state index in [1.165, 1.54) is 0 Å². The van der Waals surface area contributed by atoms with Crippen molar-refractivity contribution in [3.05, 3.63) is 59.1 Å². The molecule has 0 saturated carbocycles. The van der Waals surface area contributed by atoms with E-state index in [0.29, 0.717) is 55.5 Å². The Morgan fingerprint density at radius 2 is 1.91 bits per heavy atom. The molecule has 33 heavy (non-hydrogen) atoms. The van der Waals surface area contributed by atoms with Crippen molar-refractivity contribution in [2.75, 3.05) is 36.5 Å². The molecule has 11 heteroatoms. The highest BCUT2D eigenvalue weighted by Crippen LogP contribution is 2.35. The molecule has 1 aliphatic heterocycles. The van der Waals surface area contributed by atoms with Gasteiger partial charge in [0, 0.05) is 30.0 Å². The van der Waals surface area contributed by atoms with Crippen LogP contribution in [0, 0.1) is 0 Å². The van der Waals surface area contributed by atoms with Gasteiger partial charge in [0.15, 0.2) is 5.69 Å². The molecule has 0 spiro atoms. The minimum Gasteiger partial charge on any atom is -0.493 e. The van der Waals surface area contributed by atoms with Crippen LogP contribution in [0.5, 0.6) is 5.88 Å². The van der Waals surface area contributed by atoms with E-state index in [1.54, 1.807) is 0 Å². The molecule has 0 amide bonds. The number of para-hydroxylation sites is 1. The third kappa shape index (κ3) is 4.86. The van der Waals surface area contributed by atoms with E-state index in [-0.39, 0.29) is 11.8 Å². The van der Waals surface area contributed by atoms with Crippen LogP contribution in [0.4, 0.5) is 23.5 Å². The Bertz CT molecular complexity index is 1300. The van der Waals surface area contributed by atoms with Gasteiger partial charge >= 0.3 is 0 Å². The Kier molecular flexibility index (Phi) is 6.01. The first-order chi connectivity index (χ1) is 16.2. The van der Waals surface area contributed by atoms with Crippen LogP contribution in [0.1, 0.15) is 5.56 Å². The fourth-order valence-electron chi connectivity index (χ4n) is 3.52. The van der Waals surface area contributed by atoms with Gasteiger partial charge in [-0.3, -0.25) is 0 Å². The SMILES string of the molecule is Oc1[nH]c2ccccc2c1N=Nc1nc(NCc2cccc(Cl)c2)nc(N2CCOCC2)n1. The second-order valence-corrected chi connectivity index (χ2v) is 7.85. The normalized spacial score (nSPS) is 14.3. The van der Waals surface area contributed by atoms with Gasteiger partial charge in [-0.1, -0.05) is 41.9 Å². The fraction of sp³-hybridized carbons (Fsp3) is 0.227. The molecule has 4 aromatic rings. The first kappa shape index (κ1) is 21.1.